The summed E-state index contributed by atoms with van der Waals surface area (Å²) in [4.78, 5) is 12.7. The van der Waals surface area contributed by atoms with Crippen LogP contribution in [0.3, 0.4) is 0 Å². The van der Waals surface area contributed by atoms with Crippen molar-refractivity contribution >= 4 is 0 Å². The second-order valence-corrected chi connectivity index (χ2v) is 15.6. The van der Waals surface area contributed by atoms with E-state index in [1.807, 2.05) is 0 Å². The van der Waals surface area contributed by atoms with E-state index in [0.29, 0.717) is 12.1 Å². The van der Waals surface area contributed by atoms with Gasteiger partial charge in [-0.15, -0.1) is 0 Å². The molecule has 3 aliphatic heterocycles. The van der Waals surface area contributed by atoms with Crippen molar-refractivity contribution < 1.29 is 4.74 Å². The van der Waals surface area contributed by atoms with Crippen LogP contribution < -0.4 is 0 Å². The van der Waals surface area contributed by atoms with Gasteiger partial charge in [0.25, 0.3) is 0 Å². The molecule has 6 heteroatoms. The molecule has 3 heterocycles. The second-order valence-electron chi connectivity index (χ2n) is 15.6. The number of likely N-dealkylation sites (N-methyl/N-ethyl adjacent to an activating group) is 1. The number of likely N-dealkylation sites (tertiary alicyclic amines) is 2. The minimum absolute atomic E-state index is 0.515. The van der Waals surface area contributed by atoms with Crippen LogP contribution in [0, 0.1) is 17.8 Å². The predicted octanol–water partition coefficient (Wildman–Crippen LogP) is 6.65. The van der Waals surface area contributed by atoms with Crippen LogP contribution in [0.15, 0.2) is 0 Å². The van der Waals surface area contributed by atoms with Crippen molar-refractivity contribution in [3.8, 4) is 0 Å². The molecule has 0 aromatic rings. The van der Waals surface area contributed by atoms with E-state index in [2.05, 4.69) is 115 Å². The van der Waals surface area contributed by atoms with Crippen LogP contribution in [0.1, 0.15) is 109 Å². The summed E-state index contributed by atoms with van der Waals surface area (Å²) < 4.78 is 5.73. The monoisotopic (exact) mass is 596 g/mol. The molecule has 0 radical (unpaired) electrons. The zero-order valence-electron chi connectivity index (χ0n) is 30.9. The van der Waals surface area contributed by atoms with Gasteiger partial charge in [0, 0.05) is 83.1 Å². The van der Waals surface area contributed by atoms with Gasteiger partial charge in [-0.1, -0.05) is 41.5 Å². The summed E-state index contributed by atoms with van der Waals surface area (Å²) in [6, 6.07) is 2.95. The van der Waals surface area contributed by atoms with Crippen molar-refractivity contribution in [2.45, 2.75) is 139 Å². The summed E-state index contributed by atoms with van der Waals surface area (Å²) in [5.74, 6) is 2.46. The first-order valence-corrected chi connectivity index (χ1v) is 18.0. The van der Waals surface area contributed by atoms with Gasteiger partial charge < -0.3 is 14.5 Å². The third kappa shape index (κ3) is 17.3. The molecule has 252 valence electrons. The standard InChI is InChI=1S/C13H28N2.C12H26N2.C11H23NO/c1-12(2)6-5-7-14-8-10-15(11-9-14)13(3)4;1-10(2)6-7-13(5)12-8-14(9-12)11(3)4;1-9(2)5-6-13-11-7-12(8-11)10(3)4/h12-13H,5-11H2,1-4H3;10-12H,6-9H2,1-5H3;9-11H,5-8H2,1-4H3. The number of hydrogen-bond donors (Lipinski definition) is 0. The Morgan fingerprint density at radius 2 is 1.07 bits per heavy atom. The van der Waals surface area contributed by atoms with Crippen molar-refractivity contribution in [1.29, 1.82) is 0 Å². The molecule has 0 bridgehead atoms. The molecule has 3 rings (SSSR count). The Kier molecular flexibility index (Phi) is 20.4. The maximum absolute atomic E-state index is 5.73. The Hall–Kier alpha value is -0.240. The molecule has 0 amide bonds. The summed E-state index contributed by atoms with van der Waals surface area (Å²) in [5.41, 5.74) is 0. The average Bonchev–Trinajstić information content (AvgIpc) is 2.83. The van der Waals surface area contributed by atoms with Crippen molar-refractivity contribution in [2.24, 2.45) is 17.8 Å². The van der Waals surface area contributed by atoms with Crippen LogP contribution in [0.5, 0.6) is 0 Å². The van der Waals surface area contributed by atoms with E-state index >= 15 is 0 Å². The third-order valence-corrected chi connectivity index (χ3v) is 9.35. The van der Waals surface area contributed by atoms with Gasteiger partial charge in [0.2, 0.25) is 0 Å². The van der Waals surface area contributed by atoms with Crippen LogP contribution in [-0.2, 0) is 4.74 Å². The highest BCUT2D eigenvalue weighted by molar-refractivity contribution is 4.88. The average molecular weight is 596 g/mol. The van der Waals surface area contributed by atoms with Crippen LogP contribution in [0.2, 0.25) is 0 Å². The van der Waals surface area contributed by atoms with Crippen molar-refractivity contribution in [3.63, 3.8) is 0 Å². The molecule has 42 heavy (non-hydrogen) atoms. The summed E-state index contributed by atoms with van der Waals surface area (Å²) in [6.45, 7) is 40.8. The Morgan fingerprint density at radius 3 is 1.52 bits per heavy atom. The first-order chi connectivity index (χ1) is 19.7. The Labute approximate surface area is 264 Å². The van der Waals surface area contributed by atoms with Gasteiger partial charge in [0.05, 0.1) is 6.10 Å². The first kappa shape index (κ1) is 39.8. The summed E-state index contributed by atoms with van der Waals surface area (Å²) in [5, 5.41) is 0. The first-order valence-electron chi connectivity index (χ1n) is 18.0. The fraction of sp³-hybridized carbons (Fsp3) is 1.00. The smallest absolute Gasteiger partial charge is 0.0828 e. The van der Waals surface area contributed by atoms with Gasteiger partial charge in [-0.3, -0.25) is 14.7 Å². The van der Waals surface area contributed by atoms with Crippen molar-refractivity contribution in [1.82, 2.24) is 24.5 Å². The Balaban J connectivity index is 0.000000316. The normalized spacial score (nSPS) is 20.0. The van der Waals surface area contributed by atoms with Crippen LogP contribution in [-0.4, -0.2) is 134 Å². The van der Waals surface area contributed by atoms with Gasteiger partial charge >= 0.3 is 0 Å². The molecule has 0 aromatic carbocycles. The van der Waals surface area contributed by atoms with E-state index in [1.54, 1.807) is 0 Å². The lowest BCUT2D eigenvalue weighted by Gasteiger charge is -2.46. The van der Waals surface area contributed by atoms with E-state index in [1.165, 1.54) is 78.0 Å². The quantitative estimate of drug-likeness (QED) is 0.210. The molecule has 0 N–H and O–H groups in total. The molecule has 0 spiro atoms. The zero-order valence-corrected chi connectivity index (χ0v) is 30.9. The molecule has 6 nitrogen and oxygen atoms in total. The predicted molar refractivity (Wildman–Crippen MR) is 186 cm³/mol. The topological polar surface area (TPSA) is 25.4 Å². The highest BCUT2D eigenvalue weighted by Gasteiger charge is 2.31. The molecular weight excluding hydrogens is 518 g/mol. The van der Waals surface area contributed by atoms with Gasteiger partial charge in [-0.2, -0.15) is 0 Å². The molecule has 3 fully saturated rings. The number of nitrogens with zero attached hydrogens (tertiary/aromatic N) is 5. The fourth-order valence-electron chi connectivity index (χ4n) is 5.53. The lowest BCUT2D eigenvalue weighted by Crippen LogP contribution is -2.60. The number of rotatable bonds is 15. The molecule has 0 atom stereocenters. The number of piperazine rings is 1. The molecule has 3 saturated heterocycles. The lowest BCUT2D eigenvalue weighted by molar-refractivity contribution is -0.0686. The van der Waals surface area contributed by atoms with E-state index < -0.39 is 0 Å². The molecule has 3 aliphatic rings. The van der Waals surface area contributed by atoms with Crippen LogP contribution in [0.4, 0.5) is 0 Å². The van der Waals surface area contributed by atoms with Gasteiger partial charge in [-0.05, 0) is 105 Å². The van der Waals surface area contributed by atoms with Crippen LogP contribution >= 0.6 is 0 Å². The Morgan fingerprint density at radius 1 is 0.595 bits per heavy atom. The van der Waals surface area contributed by atoms with Crippen molar-refractivity contribution in [3.05, 3.63) is 0 Å². The molecular formula is C36H77N5O. The van der Waals surface area contributed by atoms with E-state index in [0.717, 1.165) is 55.6 Å². The van der Waals surface area contributed by atoms with E-state index in [9.17, 15) is 0 Å². The highest BCUT2D eigenvalue weighted by atomic mass is 16.5. The summed E-state index contributed by atoms with van der Waals surface area (Å²) in [7, 11) is 2.27. The lowest BCUT2D eigenvalue weighted by atomic mass is 10.0. The Bertz CT molecular complexity index is 627. The summed E-state index contributed by atoms with van der Waals surface area (Å²) in [6.07, 6.45) is 5.79. The van der Waals surface area contributed by atoms with Gasteiger partial charge in [0.15, 0.2) is 0 Å². The molecule has 0 unspecified atom stereocenters. The largest absolute Gasteiger partial charge is 0.376 e. The molecule has 0 aromatic heterocycles. The van der Waals surface area contributed by atoms with Crippen molar-refractivity contribution in [2.75, 3.05) is 79.1 Å². The maximum atomic E-state index is 5.73. The zero-order chi connectivity index (χ0) is 31.8. The second kappa shape index (κ2) is 21.5. The minimum Gasteiger partial charge on any atom is -0.376 e. The molecule has 0 saturated carbocycles. The molecule has 0 aliphatic carbocycles. The maximum Gasteiger partial charge on any atom is 0.0828 e. The van der Waals surface area contributed by atoms with Crippen LogP contribution in [0.25, 0.3) is 0 Å². The van der Waals surface area contributed by atoms with E-state index in [-0.39, 0.29) is 0 Å². The SMILES string of the molecule is CC(C)CCCN1CCN(C(C)C)CC1.CC(C)CCN(C)C1CN(C(C)C)C1.CC(C)CCOC1CN(C(C)C)C1. The summed E-state index contributed by atoms with van der Waals surface area (Å²) >= 11 is 0. The highest BCUT2D eigenvalue weighted by Crippen LogP contribution is 2.18. The van der Waals surface area contributed by atoms with Gasteiger partial charge in [0.1, 0.15) is 0 Å². The van der Waals surface area contributed by atoms with E-state index in [4.69, 9.17) is 4.74 Å². The minimum atomic E-state index is 0.515. The fourth-order valence-corrected chi connectivity index (χ4v) is 5.53. The number of hydrogen-bond acceptors (Lipinski definition) is 6. The number of ether oxygens (including phenoxy) is 1. The van der Waals surface area contributed by atoms with Gasteiger partial charge in [-0.25, -0.2) is 0 Å². The third-order valence-electron chi connectivity index (χ3n) is 9.35.